The molecule has 0 fully saturated rings. The molecule has 1 aliphatic rings. The normalized spacial score (nSPS) is 13.3. The van der Waals surface area contributed by atoms with Gasteiger partial charge in [-0.2, -0.15) is 4.98 Å². The molecule has 4 aromatic heterocycles. The van der Waals surface area contributed by atoms with E-state index in [0.29, 0.717) is 11.7 Å². The van der Waals surface area contributed by atoms with Crippen LogP contribution >= 0.6 is 0 Å². The summed E-state index contributed by atoms with van der Waals surface area (Å²) < 4.78 is 10.6. The third-order valence-corrected chi connectivity index (χ3v) is 12.0. The molecule has 5 nitrogen and oxygen atoms in total. The van der Waals surface area contributed by atoms with Gasteiger partial charge in [0.2, 0.25) is 11.7 Å². The molecule has 0 radical (unpaired) electrons. The van der Waals surface area contributed by atoms with Gasteiger partial charge in [0.05, 0.1) is 39.4 Å². The first kappa shape index (κ1) is 31.1. The van der Waals surface area contributed by atoms with Crippen LogP contribution in [0.15, 0.2) is 174 Å². The van der Waals surface area contributed by atoms with Gasteiger partial charge in [0.1, 0.15) is 0 Å². The van der Waals surface area contributed by atoms with Gasteiger partial charge in [-0.15, -0.1) is 0 Å². The van der Waals surface area contributed by atoms with Gasteiger partial charge in [-0.1, -0.05) is 123 Å². The molecule has 7 aromatic carbocycles. The van der Waals surface area contributed by atoms with Crippen molar-refractivity contribution in [3.8, 4) is 45.1 Å². The number of furan rings is 1. The molecule has 0 saturated carbocycles. The molecule has 1 aliphatic carbocycles. The van der Waals surface area contributed by atoms with E-state index in [1.54, 1.807) is 6.26 Å². The maximum Gasteiger partial charge on any atom is 0.238 e. The predicted molar refractivity (Wildman–Crippen MR) is 229 cm³/mol. The van der Waals surface area contributed by atoms with E-state index in [2.05, 4.69) is 181 Å². The number of benzene rings is 7. The quantitative estimate of drug-likeness (QED) is 0.182. The topological polar surface area (TPSA) is 48.8 Å². The van der Waals surface area contributed by atoms with Crippen LogP contribution in [0.3, 0.4) is 0 Å². The number of para-hydroxylation sites is 3. The lowest BCUT2D eigenvalue weighted by molar-refractivity contribution is 0.601. The van der Waals surface area contributed by atoms with Gasteiger partial charge in [0, 0.05) is 38.2 Å². The summed E-state index contributed by atoms with van der Waals surface area (Å²) in [4.78, 5) is 10.5. The summed E-state index contributed by atoms with van der Waals surface area (Å²) in [6.07, 6.45) is 1.72. The molecule has 4 heterocycles. The van der Waals surface area contributed by atoms with Gasteiger partial charge in [-0.25, -0.2) is 4.98 Å². The highest BCUT2D eigenvalue weighted by molar-refractivity contribution is 6.12. The van der Waals surface area contributed by atoms with E-state index in [4.69, 9.17) is 14.4 Å². The number of fused-ring (bicyclic) bond motifs is 10. The molecule has 0 bridgehead atoms. The molecule has 0 aliphatic heterocycles. The third kappa shape index (κ3) is 4.25. The van der Waals surface area contributed by atoms with E-state index in [1.165, 1.54) is 49.6 Å². The zero-order chi connectivity index (χ0) is 37.1. The van der Waals surface area contributed by atoms with Gasteiger partial charge in [0.25, 0.3) is 0 Å². The Hall–Kier alpha value is -7.24. The lowest BCUT2D eigenvalue weighted by Gasteiger charge is -2.24. The Bertz CT molecular complexity index is 3400. The second kappa shape index (κ2) is 11.4. The van der Waals surface area contributed by atoms with Crippen LogP contribution in [0.25, 0.3) is 99.9 Å². The van der Waals surface area contributed by atoms with Crippen LogP contribution in [0.1, 0.15) is 25.0 Å². The maximum absolute atomic E-state index is 6.08. The molecular formula is C51H34N4O. The number of hydrogen-bond donors (Lipinski definition) is 0. The van der Waals surface area contributed by atoms with Crippen LogP contribution in [0.5, 0.6) is 0 Å². The fourth-order valence-electron chi connectivity index (χ4n) is 9.57. The first-order valence-corrected chi connectivity index (χ1v) is 19.2. The van der Waals surface area contributed by atoms with E-state index in [9.17, 15) is 0 Å². The minimum Gasteiger partial charge on any atom is -0.446 e. The number of hydrogen-bond acceptors (Lipinski definition) is 3. The highest BCUT2D eigenvalue weighted by Crippen LogP contribution is 2.52. The summed E-state index contributed by atoms with van der Waals surface area (Å²) in [5, 5.41) is 5.67. The van der Waals surface area contributed by atoms with Crippen LogP contribution in [-0.2, 0) is 5.41 Å². The minimum atomic E-state index is -0.202. The standard InChI is InChI=1S/C51H34N4O/c1-51(2)42-20-9-6-15-34(42)37-18-12-19-38(47(37)51)48-39-27-28-56-49(39)53-50(52-48)55-44-22-11-8-17-36(44)41-30-32(24-26-46(41)55)31-23-25-45-40(29-31)35-16-7-10-21-43(35)54(45)33-13-4-3-5-14-33/h3-30H,1-2H3. The fraction of sp³-hybridized carbons (Fsp3) is 0.0588. The van der Waals surface area contributed by atoms with Crippen molar-refractivity contribution in [2.45, 2.75) is 19.3 Å². The average Bonchev–Trinajstić information content (AvgIpc) is 4.00. The summed E-state index contributed by atoms with van der Waals surface area (Å²) in [5.41, 5.74) is 15.5. The zero-order valence-corrected chi connectivity index (χ0v) is 30.9. The fourth-order valence-corrected chi connectivity index (χ4v) is 9.57. The molecule has 5 heteroatoms. The van der Waals surface area contributed by atoms with Crippen LogP contribution in [0.4, 0.5) is 0 Å². The van der Waals surface area contributed by atoms with Gasteiger partial charge in [0.15, 0.2) is 0 Å². The summed E-state index contributed by atoms with van der Waals surface area (Å²) in [5.74, 6) is 0.586. The second-order valence-corrected chi connectivity index (χ2v) is 15.4. The van der Waals surface area contributed by atoms with Crippen molar-refractivity contribution in [2.75, 3.05) is 0 Å². The number of nitrogens with zero attached hydrogens (tertiary/aromatic N) is 4. The van der Waals surface area contributed by atoms with E-state index in [0.717, 1.165) is 49.7 Å². The SMILES string of the molecule is CC1(C)c2ccccc2-c2cccc(-c3nc(-n4c5ccccc5c5cc(-c6ccc7c(c6)c6ccccc6n7-c6ccccc6)ccc54)nc4occc34)c21. The van der Waals surface area contributed by atoms with Crippen molar-refractivity contribution in [3.63, 3.8) is 0 Å². The zero-order valence-electron chi connectivity index (χ0n) is 30.9. The van der Waals surface area contributed by atoms with Crippen molar-refractivity contribution < 1.29 is 4.42 Å². The monoisotopic (exact) mass is 718 g/mol. The smallest absolute Gasteiger partial charge is 0.238 e. The molecule has 11 aromatic rings. The third-order valence-electron chi connectivity index (χ3n) is 12.0. The molecule has 0 N–H and O–H groups in total. The molecule has 0 spiro atoms. The highest BCUT2D eigenvalue weighted by atomic mass is 16.3. The van der Waals surface area contributed by atoms with Crippen LogP contribution in [-0.4, -0.2) is 19.1 Å². The highest BCUT2D eigenvalue weighted by Gasteiger charge is 2.38. The Kier molecular flexibility index (Phi) is 6.33. The molecule has 12 rings (SSSR count). The van der Waals surface area contributed by atoms with Gasteiger partial charge in [-0.3, -0.25) is 4.57 Å². The lowest BCUT2D eigenvalue weighted by atomic mass is 9.79. The maximum atomic E-state index is 6.08. The Labute approximate surface area is 322 Å². The minimum absolute atomic E-state index is 0.202. The first-order valence-electron chi connectivity index (χ1n) is 19.2. The van der Waals surface area contributed by atoms with Gasteiger partial charge in [-0.05, 0) is 88.0 Å². The van der Waals surface area contributed by atoms with E-state index >= 15 is 0 Å². The van der Waals surface area contributed by atoms with Crippen molar-refractivity contribution in [3.05, 3.63) is 181 Å². The summed E-state index contributed by atoms with van der Waals surface area (Å²) in [6, 6.07) is 58.8. The lowest BCUT2D eigenvalue weighted by Crippen LogP contribution is -2.16. The predicted octanol–water partition coefficient (Wildman–Crippen LogP) is 13.1. The molecule has 0 atom stereocenters. The molecule has 0 amide bonds. The average molecular weight is 719 g/mol. The molecule has 56 heavy (non-hydrogen) atoms. The molecule has 0 unspecified atom stereocenters. The van der Waals surface area contributed by atoms with Crippen molar-refractivity contribution in [1.82, 2.24) is 19.1 Å². The second-order valence-electron chi connectivity index (χ2n) is 15.4. The van der Waals surface area contributed by atoms with E-state index in [1.807, 2.05) is 6.07 Å². The number of aromatic nitrogens is 4. The first-order chi connectivity index (χ1) is 27.5. The Morgan fingerprint density at radius 2 is 1.05 bits per heavy atom. The van der Waals surface area contributed by atoms with Crippen LogP contribution in [0, 0.1) is 0 Å². The van der Waals surface area contributed by atoms with Crippen molar-refractivity contribution in [1.29, 1.82) is 0 Å². The van der Waals surface area contributed by atoms with Crippen molar-refractivity contribution >= 4 is 54.7 Å². The summed E-state index contributed by atoms with van der Waals surface area (Å²) in [6.45, 7) is 4.64. The Morgan fingerprint density at radius 1 is 0.464 bits per heavy atom. The molecular weight excluding hydrogens is 685 g/mol. The molecule has 0 saturated heterocycles. The summed E-state index contributed by atoms with van der Waals surface area (Å²) in [7, 11) is 0. The molecule has 264 valence electrons. The Morgan fingerprint density at radius 3 is 1.80 bits per heavy atom. The largest absolute Gasteiger partial charge is 0.446 e. The van der Waals surface area contributed by atoms with Crippen molar-refractivity contribution in [2.24, 2.45) is 0 Å². The number of rotatable bonds is 4. The van der Waals surface area contributed by atoms with Gasteiger partial charge < -0.3 is 8.98 Å². The van der Waals surface area contributed by atoms with Crippen LogP contribution < -0.4 is 0 Å². The van der Waals surface area contributed by atoms with Crippen LogP contribution in [0.2, 0.25) is 0 Å². The van der Waals surface area contributed by atoms with E-state index in [-0.39, 0.29) is 5.41 Å². The van der Waals surface area contributed by atoms with Gasteiger partial charge >= 0.3 is 0 Å². The Balaban J connectivity index is 1.05. The van der Waals surface area contributed by atoms with E-state index < -0.39 is 0 Å². The summed E-state index contributed by atoms with van der Waals surface area (Å²) >= 11 is 0.